The largest absolute Gasteiger partial charge is 0.399 e. The maximum absolute atomic E-state index is 12.6. The van der Waals surface area contributed by atoms with Crippen molar-refractivity contribution in [2.45, 2.75) is 18.9 Å². The number of aromatic amines is 1. The summed E-state index contributed by atoms with van der Waals surface area (Å²) in [7, 11) is 0. The normalized spacial score (nSPS) is 14.8. The van der Waals surface area contributed by atoms with Crippen LogP contribution in [0, 0.1) is 0 Å². The smallest absolute Gasteiger partial charge is 0.256 e. The molecule has 1 aromatic carbocycles. The van der Waals surface area contributed by atoms with E-state index in [9.17, 15) is 4.79 Å². The second-order valence-corrected chi connectivity index (χ2v) is 4.96. The van der Waals surface area contributed by atoms with Gasteiger partial charge in [0.1, 0.15) is 0 Å². The van der Waals surface area contributed by atoms with Gasteiger partial charge in [-0.05, 0) is 31.0 Å². The van der Waals surface area contributed by atoms with E-state index in [0.717, 1.165) is 23.7 Å². The van der Waals surface area contributed by atoms with Gasteiger partial charge in [0.25, 0.3) is 5.91 Å². The highest BCUT2D eigenvalue weighted by atomic mass is 16.3. The van der Waals surface area contributed by atoms with Crippen LogP contribution in [-0.2, 0) is 0 Å². The fourth-order valence-corrected chi connectivity index (χ4v) is 2.41. The number of carbonyl (C=O) groups is 1. The second-order valence-electron chi connectivity index (χ2n) is 4.96. The molecule has 100 valence electrons. The number of aliphatic hydroxyl groups is 1. The van der Waals surface area contributed by atoms with Crippen molar-refractivity contribution in [1.29, 1.82) is 0 Å². The molecule has 1 amide bonds. The molecule has 1 aliphatic carbocycles. The zero-order valence-electron chi connectivity index (χ0n) is 10.6. The summed E-state index contributed by atoms with van der Waals surface area (Å²) >= 11 is 0. The minimum atomic E-state index is -0.0339. The number of nitrogen functional groups attached to an aromatic ring is 1. The summed E-state index contributed by atoms with van der Waals surface area (Å²) in [5.74, 6) is -0.0339. The van der Waals surface area contributed by atoms with Crippen molar-refractivity contribution in [1.82, 2.24) is 9.88 Å². The van der Waals surface area contributed by atoms with Crippen molar-refractivity contribution >= 4 is 22.5 Å². The van der Waals surface area contributed by atoms with Crippen LogP contribution in [-0.4, -0.2) is 40.1 Å². The van der Waals surface area contributed by atoms with Gasteiger partial charge in [0.2, 0.25) is 0 Å². The Bertz CT molecular complexity index is 616. The molecule has 1 aliphatic rings. The number of aromatic nitrogens is 1. The number of anilines is 1. The summed E-state index contributed by atoms with van der Waals surface area (Å²) in [6.07, 6.45) is 3.77. The van der Waals surface area contributed by atoms with Crippen molar-refractivity contribution in [2.24, 2.45) is 0 Å². The Hall–Kier alpha value is -2.01. The van der Waals surface area contributed by atoms with Crippen LogP contribution < -0.4 is 5.73 Å². The Labute approximate surface area is 111 Å². The monoisotopic (exact) mass is 259 g/mol. The molecule has 0 saturated heterocycles. The predicted octanol–water partition coefficient (Wildman–Crippen LogP) is 1.35. The van der Waals surface area contributed by atoms with E-state index in [1.807, 2.05) is 12.1 Å². The van der Waals surface area contributed by atoms with Crippen molar-refractivity contribution < 1.29 is 9.90 Å². The summed E-state index contributed by atoms with van der Waals surface area (Å²) in [6, 6.07) is 5.77. The van der Waals surface area contributed by atoms with E-state index >= 15 is 0 Å². The third-order valence-corrected chi connectivity index (χ3v) is 3.53. The Morgan fingerprint density at radius 3 is 2.95 bits per heavy atom. The number of H-pyrrole nitrogens is 1. The van der Waals surface area contributed by atoms with Crippen molar-refractivity contribution in [3.8, 4) is 0 Å². The molecular formula is C14H17N3O2. The number of carbonyl (C=O) groups excluding carboxylic acids is 1. The quantitative estimate of drug-likeness (QED) is 0.725. The fraction of sp³-hybridized carbons (Fsp3) is 0.357. The van der Waals surface area contributed by atoms with Crippen LogP contribution in [0.4, 0.5) is 5.69 Å². The third kappa shape index (κ3) is 2.17. The van der Waals surface area contributed by atoms with Gasteiger partial charge in [-0.3, -0.25) is 4.79 Å². The average Bonchev–Trinajstić information content (AvgIpc) is 3.15. The van der Waals surface area contributed by atoms with Gasteiger partial charge in [-0.25, -0.2) is 0 Å². The van der Waals surface area contributed by atoms with Crippen LogP contribution in [0.15, 0.2) is 24.4 Å². The minimum Gasteiger partial charge on any atom is -0.399 e. The van der Waals surface area contributed by atoms with Crippen molar-refractivity contribution in [3.63, 3.8) is 0 Å². The van der Waals surface area contributed by atoms with Crippen LogP contribution in [0.1, 0.15) is 23.2 Å². The SMILES string of the molecule is Nc1ccc2[nH]cc(C(=O)N(CCO)C3CC3)c2c1. The predicted molar refractivity (Wildman–Crippen MR) is 73.9 cm³/mol. The van der Waals surface area contributed by atoms with E-state index in [-0.39, 0.29) is 18.6 Å². The van der Waals surface area contributed by atoms with Gasteiger partial charge in [-0.2, -0.15) is 0 Å². The second kappa shape index (κ2) is 4.59. The zero-order chi connectivity index (χ0) is 13.4. The minimum absolute atomic E-state index is 0.00721. The van der Waals surface area contributed by atoms with Crippen molar-refractivity contribution in [2.75, 3.05) is 18.9 Å². The first-order valence-electron chi connectivity index (χ1n) is 6.49. The summed E-state index contributed by atoms with van der Waals surface area (Å²) in [6.45, 7) is 0.380. The Morgan fingerprint density at radius 1 is 1.47 bits per heavy atom. The average molecular weight is 259 g/mol. The third-order valence-electron chi connectivity index (χ3n) is 3.53. The molecule has 19 heavy (non-hydrogen) atoms. The molecule has 0 bridgehead atoms. The summed E-state index contributed by atoms with van der Waals surface area (Å²) in [5.41, 5.74) is 7.95. The lowest BCUT2D eigenvalue weighted by Crippen LogP contribution is -2.35. The van der Waals surface area contributed by atoms with Crippen LogP contribution >= 0.6 is 0 Å². The topological polar surface area (TPSA) is 82.4 Å². The summed E-state index contributed by atoms with van der Waals surface area (Å²) in [4.78, 5) is 17.4. The zero-order valence-corrected chi connectivity index (χ0v) is 10.6. The Morgan fingerprint density at radius 2 is 2.26 bits per heavy atom. The number of nitrogens with one attached hydrogen (secondary N) is 1. The highest BCUT2D eigenvalue weighted by Gasteiger charge is 2.33. The van der Waals surface area contributed by atoms with E-state index in [1.54, 1.807) is 17.2 Å². The molecule has 0 atom stereocenters. The van der Waals surface area contributed by atoms with Crippen LogP contribution in [0.2, 0.25) is 0 Å². The number of rotatable bonds is 4. The number of amides is 1. The molecule has 0 spiro atoms. The van der Waals surface area contributed by atoms with Gasteiger partial charge in [-0.1, -0.05) is 0 Å². The number of hydrogen-bond acceptors (Lipinski definition) is 3. The van der Waals surface area contributed by atoms with E-state index in [0.29, 0.717) is 17.8 Å². The number of fused-ring (bicyclic) bond motifs is 1. The maximum atomic E-state index is 12.6. The van der Waals surface area contributed by atoms with Gasteiger partial charge in [0, 0.05) is 35.4 Å². The number of nitrogens with zero attached hydrogens (tertiary/aromatic N) is 1. The maximum Gasteiger partial charge on any atom is 0.256 e. The molecule has 0 radical (unpaired) electrons. The first-order valence-corrected chi connectivity index (χ1v) is 6.49. The summed E-state index contributed by atoms with van der Waals surface area (Å²) in [5, 5.41) is 9.94. The molecule has 5 heteroatoms. The molecule has 1 aromatic heterocycles. The lowest BCUT2D eigenvalue weighted by molar-refractivity contribution is 0.0709. The summed E-state index contributed by atoms with van der Waals surface area (Å²) < 4.78 is 0. The molecule has 5 nitrogen and oxygen atoms in total. The Kier molecular flexibility index (Phi) is 2.91. The first-order chi connectivity index (χ1) is 9.20. The first kappa shape index (κ1) is 12.0. The van der Waals surface area contributed by atoms with Gasteiger partial charge in [0.15, 0.2) is 0 Å². The van der Waals surface area contributed by atoms with Gasteiger partial charge >= 0.3 is 0 Å². The molecule has 4 N–H and O–H groups in total. The van der Waals surface area contributed by atoms with Gasteiger partial charge in [0.05, 0.1) is 12.2 Å². The van der Waals surface area contributed by atoms with E-state index in [1.165, 1.54) is 0 Å². The van der Waals surface area contributed by atoms with E-state index in [2.05, 4.69) is 4.98 Å². The van der Waals surface area contributed by atoms with Crippen LogP contribution in [0.5, 0.6) is 0 Å². The number of aliphatic hydroxyl groups excluding tert-OH is 1. The van der Waals surface area contributed by atoms with Crippen molar-refractivity contribution in [3.05, 3.63) is 30.0 Å². The van der Waals surface area contributed by atoms with Crippen LogP contribution in [0.3, 0.4) is 0 Å². The van der Waals surface area contributed by atoms with E-state index in [4.69, 9.17) is 10.8 Å². The number of hydrogen-bond donors (Lipinski definition) is 3. The van der Waals surface area contributed by atoms with Crippen LogP contribution in [0.25, 0.3) is 10.9 Å². The molecule has 1 saturated carbocycles. The molecular weight excluding hydrogens is 242 g/mol. The fourth-order valence-electron chi connectivity index (χ4n) is 2.41. The lowest BCUT2D eigenvalue weighted by atomic mass is 10.1. The molecule has 1 heterocycles. The number of benzene rings is 1. The highest BCUT2D eigenvalue weighted by molar-refractivity contribution is 6.07. The van der Waals surface area contributed by atoms with Gasteiger partial charge < -0.3 is 20.7 Å². The number of nitrogens with two attached hydrogens (primary N) is 1. The molecule has 0 unspecified atom stereocenters. The molecule has 1 fully saturated rings. The van der Waals surface area contributed by atoms with E-state index < -0.39 is 0 Å². The molecule has 3 rings (SSSR count). The molecule has 2 aromatic rings. The highest BCUT2D eigenvalue weighted by Crippen LogP contribution is 2.30. The lowest BCUT2D eigenvalue weighted by Gasteiger charge is -2.20. The standard InChI is InChI=1S/C14H17N3O2/c15-9-1-4-13-11(7-9)12(8-16-13)14(19)17(5-6-18)10-2-3-10/h1,4,7-8,10,16,18H,2-3,5-6,15H2. The Balaban J connectivity index is 1.98. The molecule has 0 aliphatic heterocycles. The van der Waals surface area contributed by atoms with Gasteiger partial charge in [-0.15, -0.1) is 0 Å².